The number of carbonyl (C=O) groups excluding carboxylic acids is 2. The zero-order chi connectivity index (χ0) is 21.2. The molecular formula is C17H13F3N6O3. The van der Waals surface area contributed by atoms with Crippen LogP contribution in [0.25, 0.3) is 10.9 Å². The van der Waals surface area contributed by atoms with E-state index in [0.717, 1.165) is 12.1 Å². The van der Waals surface area contributed by atoms with Gasteiger partial charge in [-0.25, -0.2) is 16.3 Å². The molecule has 3 aromatic rings. The van der Waals surface area contributed by atoms with E-state index in [1.54, 1.807) is 18.2 Å². The minimum Gasteiger partial charge on any atom is -0.318 e. The van der Waals surface area contributed by atoms with E-state index in [9.17, 15) is 27.6 Å². The average molecular weight is 406 g/mol. The van der Waals surface area contributed by atoms with Gasteiger partial charge >= 0.3 is 18.0 Å². The molecule has 3 rings (SSSR count). The first-order valence-corrected chi connectivity index (χ1v) is 7.98. The lowest BCUT2D eigenvalue weighted by Gasteiger charge is -2.13. The summed E-state index contributed by atoms with van der Waals surface area (Å²) in [6, 6.07) is 9.95. The normalized spacial score (nSPS) is 11.2. The fraction of sp³-hybridized carbons (Fsp3) is 0.0588. The van der Waals surface area contributed by atoms with Crippen molar-refractivity contribution < 1.29 is 22.8 Å². The van der Waals surface area contributed by atoms with Crippen LogP contribution in [0.2, 0.25) is 0 Å². The first-order valence-electron chi connectivity index (χ1n) is 7.98. The molecule has 0 saturated carbocycles. The zero-order valence-electron chi connectivity index (χ0n) is 14.4. The van der Waals surface area contributed by atoms with Crippen LogP contribution in [0.3, 0.4) is 0 Å². The van der Waals surface area contributed by atoms with Gasteiger partial charge in [0, 0.05) is 5.69 Å². The van der Waals surface area contributed by atoms with Crippen LogP contribution in [0.4, 0.5) is 24.8 Å². The number of amides is 2. The van der Waals surface area contributed by atoms with E-state index in [2.05, 4.69) is 10.4 Å². The van der Waals surface area contributed by atoms with Crippen LogP contribution in [0, 0.1) is 0 Å². The van der Waals surface area contributed by atoms with Gasteiger partial charge in [0.1, 0.15) is 0 Å². The van der Waals surface area contributed by atoms with Gasteiger partial charge in [0.05, 0.1) is 16.5 Å². The Labute approximate surface area is 160 Å². The van der Waals surface area contributed by atoms with Gasteiger partial charge in [0.15, 0.2) is 0 Å². The SMILES string of the molecule is NNc1nc2ccccc2c(=O)n1NC(=O)C(=O)Nc1cccc(C(F)(F)F)c1. The Balaban J connectivity index is 1.84. The summed E-state index contributed by atoms with van der Waals surface area (Å²) < 4.78 is 38.9. The lowest BCUT2D eigenvalue weighted by atomic mass is 10.2. The molecule has 1 heterocycles. The number of alkyl halides is 3. The Morgan fingerprint density at radius 2 is 1.76 bits per heavy atom. The van der Waals surface area contributed by atoms with Gasteiger partial charge in [-0.3, -0.25) is 19.8 Å². The van der Waals surface area contributed by atoms with E-state index in [0.29, 0.717) is 16.3 Å². The highest BCUT2D eigenvalue weighted by Gasteiger charge is 2.30. The molecule has 0 aliphatic rings. The highest BCUT2D eigenvalue weighted by molar-refractivity contribution is 6.42. The third-order valence-electron chi connectivity index (χ3n) is 3.77. The molecule has 5 N–H and O–H groups in total. The van der Waals surface area contributed by atoms with Crippen molar-refractivity contribution in [3.63, 3.8) is 0 Å². The number of hydrogen-bond donors (Lipinski definition) is 4. The van der Waals surface area contributed by atoms with Crippen LogP contribution in [0.15, 0.2) is 53.3 Å². The van der Waals surface area contributed by atoms with Gasteiger partial charge in [-0.2, -0.15) is 17.8 Å². The monoisotopic (exact) mass is 406 g/mol. The van der Waals surface area contributed by atoms with Gasteiger partial charge in [-0.05, 0) is 30.3 Å². The summed E-state index contributed by atoms with van der Waals surface area (Å²) in [5.74, 6) is 2.44. The first-order chi connectivity index (χ1) is 13.7. The summed E-state index contributed by atoms with van der Waals surface area (Å²) in [6.45, 7) is 0. The minimum absolute atomic E-state index is 0.144. The van der Waals surface area contributed by atoms with Gasteiger partial charge < -0.3 is 5.32 Å². The Kier molecular flexibility index (Phi) is 5.19. The van der Waals surface area contributed by atoms with Crippen LogP contribution < -0.4 is 27.6 Å². The number of benzene rings is 2. The highest BCUT2D eigenvalue weighted by Crippen LogP contribution is 2.30. The molecule has 1 aromatic heterocycles. The molecule has 12 heteroatoms. The van der Waals surface area contributed by atoms with Gasteiger partial charge in [-0.1, -0.05) is 18.2 Å². The maximum Gasteiger partial charge on any atom is 0.416 e. The molecule has 0 spiro atoms. The standard InChI is InChI=1S/C17H13F3N6O3/c18-17(19,20)9-4-3-5-10(8-9)22-13(27)14(28)25-26-15(29)11-6-1-2-7-12(11)23-16(26)24-21/h1-8H,21H2,(H,22,27)(H,23,24)(H,25,28). The molecule has 0 radical (unpaired) electrons. The van der Waals surface area contributed by atoms with Crippen molar-refractivity contribution in [3.05, 3.63) is 64.4 Å². The second-order valence-corrected chi connectivity index (χ2v) is 5.71. The Morgan fingerprint density at radius 1 is 1.03 bits per heavy atom. The molecule has 29 heavy (non-hydrogen) atoms. The van der Waals surface area contributed by atoms with E-state index in [1.807, 2.05) is 10.7 Å². The third-order valence-corrected chi connectivity index (χ3v) is 3.77. The molecule has 0 bridgehead atoms. The molecule has 0 unspecified atom stereocenters. The number of nitrogen functional groups attached to an aromatic ring is 1. The molecule has 150 valence electrons. The fourth-order valence-electron chi connectivity index (χ4n) is 2.45. The van der Waals surface area contributed by atoms with E-state index >= 15 is 0 Å². The second kappa shape index (κ2) is 7.59. The maximum absolute atomic E-state index is 12.8. The first kappa shape index (κ1) is 19.8. The molecule has 0 aliphatic carbocycles. The summed E-state index contributed by atoms with van der Waals surface area (Å²) >= 11 is 0. The smallest absolute Gasteiger partial charge is 0.318 e. The largest absolute Gasteiger partial charge is 0.416 e. The number of nitrogens with one attached hydrogen (secondary N) is 3. The molecule has 0 atom stereocenters. The average Bonchev–Trinajstić information content (AvgIpc) is 2.69. The van der Waals surface area contributed by atoms with Crippen molar-refractivity contribution in [2.75, 3.05) is 16.2 Å². The van der Waals surface area contributed by atoms with Gasteiger partial charge in [-0.15, -0.1) is 0 Å². The molecule has 0 saturated heterocycles. The van der Waals surface area contributed by atoms with Crippen molar-refractivity contribution in [1.29, 1.82) is 0 Å². The Bertz CT molecular complexity index is 1160. The molecule has 9 nitrogen and oxygen atoms in total. The summed E-state index contributed by atoms with van der Waals surface area (Å²) in [5, 5.41) is 2.17. The zero-order valence-corrected chi connectivity index (χ0v) is 14.4. The van der Waals surface area contributed by atoms with Crippen LogP contribution >= 0.6 is 0 Å². The number of aromatic nitrogens is 2. The second-order valence-electron chi connectivity index (χ2n) is 5.71. The minimum atomic E-state index is -4.62. The summed E-state index contributed by atoms with van der Waals surface area (Å²) in [4.78, 5) is 40.8. The molecule has 0 fully saturated rings. The van der Waals surface area contributed by atoms with Crippen molar-refractivity contribution in [2.24, 2.45) is 5.84 Å². The number of halogens is 3. The van der Waals surface area contributed by atoms with E-state index in [1.165, 1.54) is 12.1 Å². The third kappa shape index (κ3) is 4.16. The summed E-state index contributed by atoms with van der Waals surface area (Å²) in [6.07, 6.45) is -4.62. The number of hydrazine groups is 1. The lowest BCUT2D eigenvalue weighted by Crippen LogP contribution is -2.41. The van der Waals surface area contributed by atoms with Crippen LogP contribution in [-0.4, -0.2) is 21.5 Å². The quantitative estimate of drug-likeness (QED) is 0.296. The summed E-state index contributed by atoms with van der Waals surface area (Å²) in [5.41, 5.74) is 2.47. The number of carbonyl (C=O) groups is 2. The maximum atomic E-state index is 12.8. The van der Waals surface area contributed by atoms with Crippen molar-refractivity contribution >= 4 is 34.4 Å². The topological polar surface area (TPSA) is 131 Å². The lowest BCUT2D eigenvalue weighted by molar-refractivity contribution is -0.137. The Hall–Kier alpha value is -3.93. The number of anilines is 2. The van der Waals surface area contributed by atoms with Crippen molar-refractivity contribution in [2.45, 2.75) is 6.18 Å². The Morgan fingerprint density at radius 3 is 2.45 bits per heavy atom. The fourth-order valence-corrected chi connectivity index (χ4v) is 2.45. The van der Waals surface area contributed by atoms with Crippen molar-refractivity contribution in [1.82, 2.24) is 9.66 Å². The van der Waals surface area contributed by atoms with Crippen LogP contribution in [0.5, 0.6) is 0 Å². The van der Waals surface area contributed by atoms with E-state index in [4.69, 9.17) is 5.84 Å². The molecule has 2 aromatic carbocycles. The highest BCUT2D eigenvalue weighted by atomic mass is 19.4. The van der Waals surface area contributed by atoms with Crippen molar-refractivity contribution in [3.8, 4) is 0 Å². The van der Waals surface area contributed by atoms with Crippen LogP contribution in [0.1, 0.15) is 5.56 Å². The number of para-hydroxylation sites is 1. The molecule has 2 amide bonds. The number of rotatable bonds is 3. The van der Waals surface area contributed by atoms with Crippen LogP contribution in [-0.2, 0) is 15.8 Å². The predicted molar refractivity (Wildman–Crippen MR) is 98.3 cm³/mol. The summed E-state index contributed by atoms with van der Waals surface area (Å²) in [7, 11) is 0. The number of nitrogens with zero attached hydrogens (tertiary/aromatic N) is 2. The van der Waals surface area contributed by atoms with E-state index < -0.39 is 29.1 Å². The van der Waals surface area contributed by atoms with Gasteiger partial charge in [0.25, 0.3) is 5.56 Å². The van der Waals surface area contributed by atoms with E-state index in [-0.39, 0.29) is 17.0 Å². The molecule has 0 aliphatic heterocycles. The number of hydrogen-bond acceptors (Lipinski definition) is 6. The number of nitrogens with two attached hydrogens (primary N) is 1. The van der Waals surface area contributed by atoms with Gasteiger partial charge in [0.2, 0.25) is 5.95 Å². The number of fused-ring (bicyclic) bond motifs is 1. The molecular weight excluding hydrogens is 393 g/mol. The predicted octanol–water partition coefficient (Wildman–Crippen LogP) is 1.41.